The van der Waals surface area contributed by atoms with E-state index in [4.69, 9.17) is 34.8 Å². The second-order valence-corrected chi connectivity index (χ2v) is 7.81. The first-order valence-corrected chi connectivity index (χ1v) is 10.2. The Bertz CT molecular complexity index is 1300. The molecule has 0 unspecified atom stereocenters. The molecule has 154 valence electrons. The number of pyridine rings is 1. The molecule has 2 aromatic carbocycles. The summed E-state index contributed by atoms with van der Waals surface area (Å²) in [6, 6.07) is 19.1. The van der Waals surface area contributed by atoms with Crippen LogP contribution in [-0.2, 0) is 4.79 Å². The van der Waals surface area contributed by atoms with Gasteiger partial charge in [-0.05, 0) is 54.1 Å². The third kappa shape index (κ3) is 4.64. The molecule has 0 radical (unpaired) electrons. The molecular weight excluding hydrogens is 457 g/mol. The summed E-state index contributed by atoms with van der Waals surface area (Å²) in [5.41, 5.74) is 2.41. The van der Waals surface area contributed by atoms with Crippen LogP contribution in [0.5, 0.6) is 0 Å². The lowest BCUT2D eigenvalue weighted by Gasteiger charge is -2.07. The molecule has 5 nitrogen and oxygen atoms in total. The van der Waals surface area contributed by atoms with Crippen LogP contribution in [0.2, 0.25) is 15.1 Å². The molecule has 0 saturated heterocycles. The lowest BCUT2D eigenvalue weighted by Crippen LogP contribution is -2.02. The molecule has 0 atom stereocenters. The van der Waals surface area contributed by atoms with E-state index in [-0.39, 0.29) is 5.57 Å². The summed E-state index contributed by atoms with van der Waals surface area (Å²) >= 11 is 18.3. The van der Waals surface area contributed by atoms with Crippen LogP contribution >= 0.6 is 34.8 Å². The van der Waals surface area contributed by atoms with Crippen LogP contribution in [0.3, 0.4) is 0 Å². The third-order valence-corrected chi connectivity index (χ3v) is 5.44. The molecule has 4 rings (SSSR count). The van der Waals surface area contributed by atoms with E-state index in [0.717, 1.165) is 5.56 Å². The Morgan fingerprint density at radius 2 is 1.77 bits per heavy atom. The van der Waals surface area contributed by atoms with Crippen LogP contribution in [0.25, 0.3) is 28.7 Å². The predicted octanol–water partition coefficient (Wildman–Crippen LogP) is 6.52. The van der Waals surface area contributed by atoms with Crippen molar-refractivity contribution in [3.05, 3.63) is 99.3 Å². The Balaban J connectivity index is 1.89. The monoisotopic (exact) mass is 469 g/mol. The van der Waals surface area contributed by atoms with Crippen LogP contribution in [0.15, 0.2) is 72.9 Å². The molecule has 1 N–H and O–H groups in total. The van der Waals surface area contributed by atoms with Crippen LogP contribution in [0.1, 0.15) is 11.3 Å². The summed E-state index contributed by atoms with van der Waals surface area (Å²) in [5.74, 6) is -0.520. The minimum absolute atomic E-state index is 0.0638. The van der Waals surface area contributed by atoms with E-state index in [0.29, 0.717) is 37.8 Å². The molecule has 2 aromatic heterocycles. The molecule has 0 aliphatic heterocycles. The van der Waals surface area contributed by atoms with Crippen molar-refractivity contribution in [2.24, 2.45) is 0 Å². The Morgan fingerprint density at radius 3 is 2.45 bits per heavy atom. The van der Waals surface area contributed by atoms with Crippen LogP contribution in [0, 0.1) is 0 Å². The number of hydrogen-bond acceptors (Lipinski definition) is 3. The largest absolute Gasteiger partial charge is 0.478 e. The quantitative estimate of drug-likeness (QED) is 0.337. The van der Waals surface area contributed by atoms with Gasteiger partial charge in [-0.1, -0.05) is 59.1 Å². The Hall–Kier alpha value is -3.12. The van der Waals surface area contributed by atoms with Gasteiger partial charge in [-0.3, -0.25) is 0 Å². The molecular formula is C23H14Cl3N3O2. The molecule has 0 amide bonds. The number of hydrogen-bond donors (Lipinski definition) is 1. The lowest BCUT2D eigenvalue weighted by molar-refractivity contribution is -0.130. The first-order chi connectivity index (χ1) is 14.9. The number of benzene rings is 2. The Morgan fingerprint density at radius 1 is 0.935 bits per heavy atom. The third-order valence-electron chi connectivity index (χ3n) is 4.47. The summed E-state index contributed by atoms with van der Waals surface area (Å²) in [6.07, 6.45) is 3.15. The van der Waals surface area contributed by atoms with Gasteiger partial charge in [0.25, 0.3) is 0 Å². The summed E-state index contributed by atoms with van der Waals surface area (Å²) in [4.78, 5) is 16.3. The minimum atomic E-state index is -1.09. The van der Waals surface area contributed by atoms with E-state index < -0.39 is 5.97 Å². The molecule has 0 bridgehead atoms. The summed E-state index contributed by atoms with van der Waals surface area (Å²) < 4.78 is 1.63. The number of aromatic nitrogens is 3. The smallest absolute Gasteiger partial charge is 0.336 e. The second-order valence-electron chi connectivity index (χ2n) is 6.56. The van der Waals surface area contributed by atoms with Gasteiger partial charge in [0, 0.05) is 16.8 Å². The minimum Gasteiger partial charge on any atom is -0.478 e. The number of carboxylic acid groups (broad SMARTS) is 1. The second kappa shape index (κ2) is 8.94. The van der Waals surface area contributed by atoms with Crippen molar-refractivity contribution in [2.45, 2.75) is 0 Å². The zero-order chi connectivity index (χ0) is 22.0. The van der Waals surface area contributed by atoms with Crippen LogP contribution in [-0.4, -0.2) is 25.8 Å². The van der Waals surface area contributed by atoms with Gasteiger partial charge < -0.3 is 5.11 Å². The number of aliphatic carboxylic acids is 1. The van der Waals surface area contributed by atoms with E-state index in [1.54, 1.807) is 65.5 Å². The summed E-state index contributed by atoms with van der Waals surface area (Å²) in [7, 11) is 0. The fraction of sp³-hybridized carbons (Fsp3) is 0. The van der Waals surface area contributed by atoms with E-state index in [9.17, 15) is 9.90 Å². The molecule has 8 heteroatoms. The number of rotatable bonds is 5. The van der Waals surface area contributed by atoms with Crippen molar-refractivity contribution in [1.82, 2.24) is 14.8 Å². The number of nitrogens with zero attached hydrogens (tertiary/aromatic N) is 3. The van der Waals surface area contributed by atoms with Gasteiger partial charge in [0.05, 0.1) is 27.0 Å². The fourth-order valence-corrected chi connectivity index (χ4v) is 3.55. The SMILES string of the molecule is O=C(O)/C(=C\c1cc(-c2ccc(Cl)c(Cl)c2)n(-c2ccccn2)n1)c1cccc(Cl)c1. The highest BCUT2D eigenvalue weighted by Gasteiger charge is 2.16. The Labute approximate surface area is 193 Å². The molecule has 0 saturated carbocycles. The van der Waals surface area contributed by atoms with Gasteiger partial charge in [-0.2, -0.15) is 5.10 Å². The number of carboxylic acids is 1. The van der Waals surface area contributed by atoms with E-state index in [1.165, 1.54) is 6.08 Å². The first-order valence-electron chi connectivity index (χ1n) is 9.10. The number of halogens is 3. The molecule has 4 aromatic rings. The van der Waals surface area contributed by atoms with Crippen molar-refractivity contribution in [3.8, 4) is 17.1 Å². The van der Waals surface area contributed by atoms with Crippen LogP contribution < -0.4 is 0 Å². The van der Waals surface area contributed by atoms with Crippen molar-refractivity contribution >= 4 is 52.4 Å². The summed E-state index contributed by atoms with van der Waals surface area (Å²) in [5, 5.41) is 15.6. The highest BCUT2D eigenvalue weighted by molar-refractivity contribution is 6.42. The fourth-order valence-electron chi connectivity index (χ4n) is 3.06. The molecule has 0 spiro atoms. The molecule has 0 aliphatic carbocycles. The number of carbonyl (C=O) groups is 1. The van der Waals surface area contributed by atoms with Crippen molar-refractivity contribution in [1.29, 1.82) is 0 Å². The van der Waals surface area contributed by atoms with Crippen molar-refractivity contribution in [3.63, 3.8) is 0 Å². The van der Waals surface area contributed by atoms with E-state index >= 15 is 0 Å². The lowest BCUT2D eigenvalue weighted by atomic mass is 10.0. The normalized spacial score (nSPS) is 11.5. The van der Waals surface area contributed by atoms with E-state index in [2.05, 4.69) is 10.1 Å². The molecule has 0 fully saturated rings. The average Bonchev–Trinajstić information content (AvgIpc) is 3.18. The van der Waals surface area contributed by atoms with Gasteiger partial charge in [0.15, 0.2) is 5.82 Å². The highest BCUT2D eigenvalue weighted by atomic mass is 35.5. The molecule has 31 heavy (non-hydrogen) atoms. The van der Waals surface area contributed by atoms with Gasteiger partial charge in [0.2, 0.25) is 0 Å². The topological polar surface area (TPSA) is 68.0 Å². The first kappa shape index (κ1) is 21.1. The zero-order valence-corrected chi connectivity index (χ0v) is 18.1. The van der Waals surface area contributed by atoms with Gasteiger partial charge in [-0.25, -0.2) is 14.5 Å². The maximum atomic E-state index is 11.9. The van der Waals surface area contributed by atoms with Crippen LogP contribution in [0.4, 0.5) is 0 Å². The molecule has 0 aliphatic rings. The van der Waals surface area contributed by atoms with Gasteiger partial charge in [-0.15, -0.1) is 0 Å². The van der Waals surface area contributed by atoms with Gasteiger partial charge in [0.1, 0.15) is 0 Å². The Kier molecular flexibility index (Phi) is 6.09. The van der Waals surface area contributed by atoms with E-state index in [1.807, 2.05) is 12.1 Å². The predicted molar refractivity (Wildman–Crippen MR) is 124 cm³/mol. The maximum Gasteiger partial charge on any atom is 0.336 e. The standard InChI is InChI=1S/C23H14Cl3N3O2/c24-16-5-3-4-14(10-16)18(23(30)31)12-17-13-21(15-7-8-19(25)20(26)11-15)29(28-17)22-6-1-2-9-27-22/h1-13H,(H,30,31)/b18-12-. The van der Waals surface area contributed by atoms with Gasteiger partial charge >= 0.3 is 5.97 Å². The maximum absolute atomic E-state index is 11.9. The average molecular weight is 471 g/mol. The highest BCUT2D eigenvalue weighted by Crippen LogP contribution is 2.31. The van der Waals surface area contributed by atoms with Crippen molar-refractivity contribution < 1.29 is 9.90 Å². The zero-order valence-electron chi connectivity index (χ0n) is 15.8. The van der Waals surface area contributed by atoms with Crippen molar-refractivity contribution in [2.75, 3.05) is 0 Å². The summed E-state index contributed by atoms with van der Waals surface area (Å²) in [6.45, 7) is 0. The molecule has 2 heterocycles.